The summed E-state index contributed by atoms with van der Waals surface area (Å²) in [5.74, 6) is -0.883. The molecule has 0 saturated heterocycles. The number of ether oxygens (including phenoxy) is 1. The number of carbonyl (C=O) groups excluding carboxylic acids is 2. The normalized spacial score (nSPS) is 16.7. The fourth-order valence-corrected chi connectivity index (χ4v) is 3.44. The minimum Gasteiger partial charge on any atom is -0.497 e. The molecule has 0 radical (unpaired) electrons. The summed E-state index contributed by atoms with van der Waals surface area (Å²) >= 11 is 0. The maximum atomic E-state index is 13.8. The topological polar surface area (TPSA) is 61.9 Å². The lowest BCUT2D eigenvalue weighted by molar-refractivity contribution is -0.158. The first-order valence-corrected chi connectivity index (χ1v) is 9.28. The van der Waals surface area contributed by atoms with E-state index in [0.29, 0.717) is 17.2 Å². The summed E-state index contributed by atoms with van der Waals surface area (Å²) in [6.45, 7) is 0.0820. The number of likely N-dealkylation sites (N-methyl/N-ethyl adjacent to an activating group) is 1. The lowest BCUT2D eigenvalue weighted by Crippen LogP contribution is -2.52. The van der Waals surface area contributed by atoms with Crippen molar-refractivity contribution < 1.29 is 27.5 Å². The lowest BCUT2D eigenvalue weighted by atomic mass is 10.1. The van der Waals surface area contributed by atoms with Crippen molar-refractivity contribution in [2.75, 3.05) is 30.9 Å². The molecule has 2 aromatic rings. The molecular formula is C21H22F3N3O3. The van der Waals surface area contributed by atoms with E-state index in [4.69, 9.17) is 4.74 Å². The number of alkyl halides is 3. The van der Waals surface area contributed by atoms with Crippen molar-refractivity contribution in [3.05, 3.63) is 54.1 Å². The van der Waals surface area contributed by atoms with Crippen LogP contribution in [0.5, 0.6) is 5.75 Å². The predicted molar refractivity (Wildman–Crippen MR) is 106 cm³/mol. The van der Waals surface area contributed by atoms with Gasteiger partial charge in [-0.2, -0.15) is 13.2 Å². The highest BCUT2D eigenvalue weighted by atomic mass is 19.4. The molecule has 1 N–H and O–H groups in total. The fourth-order valence-electron chi connectivity index (χ4n) is 3.44. The Balaban J connectivity index is 1.86. The van der Waals surface area contributed by atoms with E-state index in [1.165, 1.54) is 25.3 Å². The van der Waals surface area contributed by atoms with E-state index in [0.717, 1.165) is 5.56 Å². The van der Waals surface area contributed by atoms with Crippen LogP contribution in [-0.4, -0.2) is 49.6 Å². The zero-order valence-electron chi connectivity index (χ0n) is 16.6. The molecule has 0 spiro atoms. The number of methoxy groups -OCH3 is 1. The van der Waals surface area contributed by atoms with Gasteiger partial charge in [-0.3, -0.25) is 19.4 Å². The van der Waals surface area contributed by atoms with Crippen LogP contribution in [0.25, 0.3) is 0 Å². The van der Waals surface area contributed by atoms with Crippen molar-refractivity contribution in [2.24, 2.45) is 0 Å². The number of amides is 2. The number of benzene rings is 2. The van der Waals surface area contributed by atoms with Crippen molar-refractivity contribution in [3.63, 3.8) is 0 Å². The van der Waals surface area contributed by atoms with E-state index in [9.17, 15) is 22.8 Å². The van der Waals surface area contributed by atoms with E-state index in [-0.39, 0.29) is 17.9 Å². The number of nitrogens with one attached hydrogen (secondary N) is 1. The SMILES string of the molecule is COc1cccc(CN(C)CC(=O)N2c3ccccc3NC(=O)C[C@@H]2C(F)(F)F)c1. The summed E-state index contributed by atoms with van der Waals surface area (Å²) in [5.41, 5.74) is 1.06. The van der Waals surface area contributed by atoms with Crippen molar-refractivity contribution in [1.29, 1.82) is 0 Å². The molecule has 2 aromatic carbocycles. The van der Waals surface area contributed by atoms with Crippen molar-refractivity contribution >= 4 is 23.2 Å². The Morgan fingerprint density at radius 2 is 1.97 bits per heavy atom. The second kappa shape index (κ2) is 8.74. The molecule has 3 rings (SSSR count). The highest BCUT2D eigenvalue weighted by Gasteiger charge is 2.49. The number of carbonyl (C=O) groups is 2. The van der Waals surface area contributed by atoms with Crippen LogP contribution in [0.3, 0.4) is 0 Å². The van der Waals surface area contributed by atoms with Gasteiger partial charge in [0, 0.05) is 6.54 Å². The molecule has 160 valence electrons. The number of rotatable bonds is 5. The van der Waals surface area contributed by atoms with Gasteiger partial charge in [0.1, 0.15) is 11.8 Å². The summed E-state index contributed by atoms with van der Waals surface area (Å²) < 4.78 is 46.5. The van der Waals surface area contributed by atoms with Crippen LogP contribution < -0.4 is 15.0 Å². The first-order chi connectivity index (χ1) is 14.2. The average molecular weight is 421 g/mol. The van der Waals surface area contributed by atoms with Gasteiger partial charge in [0.2, 0.25) is 11.8 Å². The first-order valence-electron chi connectivity index (χ1n) is 9.28. The van der Waals surface area contributed by atoms with Crippen LogP contribution in [0.4, 0.5) is 24.5 Å². The summed E-state index contributed by atoms with van der Waals surface area (Å²) in [4.78, 5) is 27.4. The van der Waals surface area contributed by atoms with Gasteiger partial charge in [0.25, 0.3) is 0 Å². The standard InChI is InChI=1S/C21H22F3N3O3/c1-26(12-14-6-5-7-15(10-14)30-2)13-20(29)27-17-9-4-3-8-16(17)25-19(28)11-18(27)21(22,23)24/h3-10,18H,11-13H2,1-2H3,(H,25,28)/t18-/m1/s1. The van der Waals surface area contributed by atoms with E-state index in [1.807, 2.05) is 6.07 Å². The average Bonchev–Trinajstić information content (AvgIpc) is 2.83. The molecule has 2 amide bonds. The van der Waals surface area contributed by atoms with Crippen LogP contribution >= 0.6 is 0 Å². The number of anilines is 2. The number of para-hydroxylation sites is 2. The molecule has 0 bridgehead atoms. The maximum Gasteiger partial charge on any atom is 0.409 e. The van der Waals surface area contributed by atoms with Gasteiger partial charge in [-0.1, -0.05) is 24.3 Å². The van der Waals surface area contributed by atoms with E-state index < -0.39 is 30.5 Å². The fraction of sp³-hybridized carbons (Fsp3) is 0.333. The number of nitrogens with zero attached hydrogens (tertiary/aromatic N) is 2. The third kappa shape index (κ3) is 4.91. The van der Waals surface area contributed by atoms with E-state index in [1.54, 1.807) is 36.2 Å². The van der Waals surface area contributed by atoms with E-state index in [2.05, 4.69) is 5.32 Å². The minimum atomic E-state index is -4.75. The van der Waals surface area contributed by atoms with Crippen molar-refractivity contribution in [3.8, 4) is 5.75 Å². The van der Waals surface area contributed by atoms with Gasteiger partial charge in [-0.25, -0.2) is 0 Å². The number of fused-ring (bicyclic) bond motifs is 1. The molecule has 30 heavy (non-hydrogen) atoms. The van der Waals surface area contributed by atoms with Gasteiger partial charge in [-0.05, 0) is 36.9 Å². The summed E-state index contributed by atoms with van der Waals surface area (Å²) in [6.07, 6.45) is -5.61. The van der Waals surface area contributed by atoms with Crippen molar-refractivity contribution in [1.82, 2.24) is 4.90 Å². The van der Waals surface area contributed by atoms with Crippen LogP contribution in [0, 0.1) is 0 Å². The molecule has 0 aliphatic carbocycles. The minimum absolute atomic E-state index is 0.0328. The van der Waals surface area contributed by atoms with Gasteiger partial charge >= 0.3 is 6.18 Å². The van der Waals surface area contributed by atoms with Crippen LogP contribution in [0.15, 0.2) is 48.5 Å². The quantitative estimate of drug-likeness (QED) is 0.804. The Morgan fingerprint density at radius 1 is 1.23 bits per heavy atom. The first kappa shape index (κ1) is 21.6. The van der Waals surface area contributed by atoms with Crippen LogP contribution in [0.2, 0.25) is 0 Å². The third-order valence-corrected chi connectivity index (χ3v) is 4.77. The maximum absolute atomic E-state index is 13.8. The molecular weight excluding hydrogens is 399 g/mol. The Kier molecular flexibility index (Phi) is 6.31. The molecule has 0 unspecified atom stereocenters. The van der Waals surface area contributed by atoms with Gasteiger partial charge < -0.3 is 10.1 Å². The molecule has 1 heterocycles. The molecule has 9 heteroatoms. The molecule has 0 saturated carbocycles. The second-order valence-electron chi connectivity index (χ2n) is 7.11. The van der Waals surface area contributed by atoms with Gasteiger partial charge in [0.05, 0.1) is 31.5 Å². The molecule has 1 aliphatic heterocycles. The van der Waals surface area contributed by atoms with E-state index >= 15 is 0 Å². The predicted octanol–water partition coefficient (Wildman–Crippen LogP) is 3.43. The molecule has 1 aliphatic rings. The van der Waals surface area contributed by atoms with Gasteiger partial charge in [-0.15, -0.1) is 0 Å². The van der Waals surface area contributed by atoms with Crippen LogP contribution in [-0.2, 0) is 16.1 Å². The zero-order valence-corrected chi connectivity index (χ0v) is 16.6. The summed E-state index contributed by atoms with van der Waals surface area (Å²) in [5, 5.41) is 2.45. The smallest absolute Gasteiger partial charge is 0.409 e. The highest BCUT2D eigenvalue weighted by Crippen LogP contribution is 2.37. The Hall–Kier alpha value is -3.07. The Morgan fingerprint density at radius 3 is 2.67 bits per heavy atom. The number of halogens is 3. The summed E-state index contributed by atoms with van der Waals surface area (Å²) in [7, 11) is 3.18. The van der Waals surface area contributed by atoms with Crippen molar-refractivity contribution in [2.45, 2.75) is 25.2 Å². The summed E-state index contributed by atoms with van der Waals surface area (Å²) in [6, 6.07) is 11.0. The van der Waals surface area contributed by atoms with Crippen LogP contribution in [0.1, 0.15) is 12.0 Å². The second-order valence-corrected chi connectivity index (χ2v) is 7.11. The van der Waals surface area contributed by atoms with Gasteiger partial charge in [0.15, 0.2) is 0 Å². The third-order valence-electron chi connectivity index (χ3n) is 4.77. The molecule has 0 aromatic heterocycles. The largest absolute Gasteiger partial charge is 0.497 e. The Bertz CT molecular complexity index is 933. The monoisotopic (exact) mass is 421 g/mol. The highest BCUT2D eigenvalue weighted by molar-refractivity contribution is 6.05. The number of hydrogen-bond acceptors (Lipinski definition) is 4. The molecule has 0 fully saturated rings. The lowest BCUT2D eigenvalue weighted by Gasteiger charge is -2.33. The molecule has 6 nitrogen and oxygen atoms in total. The zero-order chi connectivity index (χ0) is 21.9. The Labute approximate surface area is 172 Å². The number of hydrogen-bond donors (Lipinski definition) is 1. The molecule has 1 atom stereocenters.